The lowest BCUT2D eigenvalue weighted by atomic mass is 9.93. The van der Waals surface area contributed by atoms with E-state index in [1.807, 2.05) is 13.0 Å². The number of aromatic nitrogens is 1. The monoisotopic (exact) mass is 306 g/mol. The van der Waals surface area contributed by atoms with Gasteiger partial charge in [0.05, 0.1) is 18.5 Å². The molecule has 5 nitrogen and oxygen atoms in total. The standard InChI is InChI=1S/C17H26N2O3/c1-3-12-22-15-9-8-14(13-18-15)19-16(20)17(21-2)10-6-4-5-7-11-17/h8-9,13H,3-7,10-12H2,1-2H3,(H,19,20). The van der Waals surface area contributed by atoms with Gasteiger partial charge in [-0.15, -0.1) is 0 Å². The lowest BCUT2D eigenvalue weighted by Gasteiger charge is -2.29. The summed E-state index contributed by atoms with van der Waals surface area (Å²) >= 11 is 0. The summed E-state index contributed by atoms with van der Waals surface area (Å²) in [5, 5.41) is 2.93. The van der Waals surface area contributed by atoms with Gasteiger partial charge in [0.2, 0.25) is 5.88 Å². The highest BCUT2D eigenvalue weighted by Crippen LogP contribution is 2.31. The molecule has 0 spiro atoms. The lowest BCUT2D eigenvalue weighted by Crippen LogP contribution is -2.44. The zero-order valence-electron chi connectivity index (χ0n) is 13.6. The van der Waals surface area contributed by atoms with Crippen LogP contribution in [0, 0.1) is 0 Å². The maximum absolute atomic E-state index is 12.6. The van der Waals surface area contributed by atoms with Gasteiger partial charge in [0.15, 0.2) is 0 Å². The fourth-order valence-corrected chi connectivity index (χ4v) is 2.81. The van der Waals surface area contributed by atoms with E-state index in [0.29, 0.717) is 18.2 Å². The predicted octanol–water partition coefficient (Wildman–Crippen LogP) is 3.55. The number of amides is 1. The molecule has 1 heterocycles. The number of nitrogens with one attached hydrogen (secondary N) is 1. The van der Waals surface area contributed by atoms with Gasteiger partial charge in [-0.1, -0.05) is 32.6 Å². The van der Waals surface area contributed by atoms with Gasteiger partial charge in [-0.05, 0) is 25.3 Å². The molecule has 2 rings (SSSR count). The lowest BCUT2D eigenvalue weighted by molar-refractivity contribution is -0.139. The average molecular weight is 306 g/mol. The molecule has 0 aromatic carbocycles. The molecule has 1 fully saturated rings. The first-order valence-corrected chi connectivity index (χ1v) is 8.15. The van der Waals surface area contributed by atoms with Crippen LogP contribution in [0.1, 0.15) is 51.9 Å². The van der Waals surface area contributed by atoms with Crippen LogP contribution in [0.4, 0.5) is 5.69 Å². The molecule has 1 aliphatic carbocycles. The summed E-state index contributed by atoms with van der Waals surface area (Å²) in [5.74, 6) is 0.511. The number of rotatable bonds is 6. The second kappa shape index (κ2) is 8.13. The van der Waals surface area contributed by atoms with Crippen LogP contribution in [-0.4, -0.2) is 30.2 Å². The minimum atomic E-state index is -0.701. The topological polar surface area (TPSA) is 60.5 Å². The van der Waals surface area contributed by atoms with Crippen LogP contribution in [0.25, 0.3) is 0 Å². The predicted molar refractivity (Wildman–Crippen MR) is 86.1 cm³/mol. The van der Waals surface area contributed by atoms with Gasteiger partial charge >= 0.3 is 0 Å². The molecule has 122 valence electrons. The summed E-state index contributed by atoms with van der Waals surface area (Å²) in [6.45, 7) is 2.69. The van der Waals surface area contributed by atoms with Crippen LogP contribution in [-0.2, 0) is 9.53 Å². The van der Waals surface area contributed by atoms with Crippen molar-refractivity contribution in [2.45, 2.75) is 57.5 Å². The van der Waals surface area contributed by atoms with Crippen molar-refractivity contribution < 1.29 is 14.3 Å². The normalized spacial score (nSPS) is 17.5. The number of hydrogen-bond acceptors (Lipinski definition) is 4. The molecule has 0 unspecified atom stereocenters. The van der Waals surface area contributed by atoms with E-state index in [-0.39, 0.29) is 5.91 Å². The number of methoxy groups -OCH3 is 1. The van der Waals surface area contributed by atoms with E-state index >= 15 is 0 Å². The molecule has 0 aliphatic heterocycles. The smallest absolute Gasteiger partial charge is 0.256 e. The molecule has 1 aromatic rings. The summed E-state index contributed by atoms with van der Waals surface area (Å²) < 4.78 is 11.1. The number of anilines is 1. The van der Waals surface area contributed by atoms with Crippen molar-refractivity contribution in [2.75, 3.05) is 19.0 Å². The van der Waals surface area contributed by atoms with Crippen molar-refractivity contribution in [3.8, 4) is 5.88 Å². The average Bonchev–Trinajstić information content (AvgIpc) is 2.80. The second-order valence-electron chi connectivity index (χ2n) is 5.80. The van der Waals surface area contributed by atoms with E-state index in [0.717, 1.165) is 32.1 Å². The van der Waals surface area contributed by atoms with Crippen LogP contribution in [0.3, 0.4) is 0 Å². The molecule has 1 aromatic heterocycles. The Hall–Kier alpha value is -1.62. The summed E-state index contributed by atoms with van der Waals surface area (Å²) in [6.07, 6.45) is 8.53. The van der Waals surface area contributed by atoms with Gasteiger partial charge in [-0.25, -0.2) is 4.98 Å². The molecule has 1 aliphatic rings. The van der Waals surface area contributed by atoms with Crippen LogP contribution in [0.2, 0.25) is 0 Å². The second-order valence-corrected chi connectivity index (χ2v) is 5.80. The SMILES string of the molecule is CCCOc1ccc(NC(=O)C2(OC)CCCCCC2)cn1. The number of nitrogens with zero attached hydrogens (tertiary/aromatic N) is 1. The van der Waals surface area contributed by atoms with E-state index in [1.54, 1.807) is 19.4 Å². The maximum Gasteiger partial charge on any atom is 0.256 e. The van der Waals surface area contributed by atoms with Crippen molar-refractivity contribution in [1.29, 1.82) is 0 Å². The van der Waals surface area contributed by atoms with E-state index in [2.05, 4.69) is 10.3 Å². The first kappa shape index (κ1) is 16.7. The van der Waals surface area contributed by atoms with Gasteiger partial charge in [0, 0.05) is 13.2 Å². The minimum Gasteiger partial charge on any atom is -0.478 e. The highest BCUT2D eigenvalue weighted by molar-refractivity contribution is 5.97. The molecule has 1 N–H and O–H groups in total. The third kappa shape index (κ3) is 4.19. The minimum absolute atomic E-state index is 0.0686. The Kier molecular flexibility index (Phi) is 6.19. The molecule has 0 radical (unpaired) electrons. The summed E-state index contributed by atoms with van der Waals surface area (Å²) in [7, 11) is 1.63. The number of carbonyl (C=O) groups is 1. The molecule has 5 heteroatoms. The van der Waals surface area contributed by atoms with Crippen LogP contribution < -0.4 is 10.1 Å². The molecule has 22 heavy (non-hydrogen) atoms. The first-order chi connectivity index (χ1) is 10.7. The summed E-state index contributed by atoms with van der Waals surface area (Å²) in [5.41, 5.74) is -0.0250. The van der Waals surface area contributed by atoms with E-state index in [1.165, 1.54) is 12.8 Å². The zero-order chi connectivity index (χ0) is 15.8. The molecule has 0 bridgehead atoms. The van der Waals surface area contributed by atoms with Gasteiger partial charge in [-0.3, -0.25) is 4.79 Å². The Bertz CT molecular complexity index is 465. The van der Waals surface area contributed by atoms with Gasteiger partial charge < -0.3 is 14.8 Å². The molecule has 1 amide bonds. The number of pyridine rings is 1. The first-order valence-electron chi connectivity index (χ1n) is 8.15. The van der Waals surface area contributed by atoms with E-state index in [4.69, 9.17) is 9.47 Å². The third-order valence-electron chi connectivity index (χ3n) is 4.16. The maximum atomic E-state index is 12.6. The fraction of sp³-hybridized carbons (Fsp3) is 0.647. The molecular weight excluding hydrogens is 280 g/mol. The van der Waals surface area contributed by atoms with Crippen molar-refractivity contribution in [3.05, 3.63) is 18.3 Å². The Labute approximate surface area is 132 Å². The molecule has 1 saturated carbocycles. The van der Waals surface area contributed by atoms with Crippen LogP contribution in [0.15, 0.2) is 18.3 Å². The van der Waals surface area contributed by atoms with Crippen molar-refractivity contribution in [2.24, 2.45) is 0 Å². The Balaban J connectivity index is 2.00. The highest BCUT2D eigenvalue weighted by Gasteiger charge is 2.38. The van der Waals surface area contributed by atoms with Crippen LogP contribution in [0.5, 0.6) is 5.88 Å². The van der Waals surface area contributed by atoms with E-state index < -0.39 is 5.60 Å². The van der Waals surface area contributed by atoms with Gasteiger partial charge in [0.1, 0.15) is 5.60 Å². The van der Waals surface area contributed by atoms with Crippen molar-refractivity contribution in [3.63, 3.8) is 0 Å². The quantitative estimate of drug-likeness (QED) is 0.817. The van der Waals surface area contributed by atoms with Gasteiger partial charge in [0.25, 0.3) is 5.91 Å². The number of ether oxygens (including phenoxy) is 2. The number of carbonyl (C=O) groups excluding carboxylic acids is 1. The molecular formula is C17H26N2O3. The van der Waals surface area contributed by atoms with Crippen molar-refractivity contribution >= 4 is 11.6 Å². The van der Waals surface area contributed by atoms with Gasteiger partial charge in [-0.2, -0.15) is 0 Å². The van der Waals surface area contributed by atoms with Crippen molar-refractivity contribution in [1.82, 2.24) is 4.98 Å². The number of hydrogen-bond donors (Lipinski definition) is 1. The van der Waals surface area contributed by atoms with Crippen LogP contribution >= 0.6 is 0 Å². The van der Waals surface area contributed by atoms with E-state index in [9.17, 15) is 4.79 Å². The third-order valence-corrected chi connectivity index (χ3v) is 4.16. The summed E-state index contributed by atoms with van der Waals surface area (Å²) in [4.78, 5) is 16.8. The highest BCUT2D eigenvalue weighted by atomic mass is 16.5. The Morgan fingerprint density at radius 2 is 2.00 bits per heavy atom. The Morgan fingerprint density at radius 1 is 1.27 bits per heavy atom. The largest absolute Gasteiger partial charge is 0.478 e. The summed E-state index contributed by atoms with van der Waals surface area (Å²) in [6, 6.07) is 3.59. The Morgan fingerprint density at radius 3 is 2.55 bits per heavy atom. The fourth-order valence-electron chi connectivity index (χ4n) is 2.81. The molecule has 0 atom stereocenters. The molecule has 0 saturated heterocycles. The zero-order valence-corrected chi connectivity index (χ0v) is 13.6.